The van der Waals surface area contributed by atoms with Crippen LogP contribution in [0.2, 0.25) is 0 Å². The topological polar surface area (TPSA) is 133 Å². The number of nitrogens with one attached hydrogen (secondary N) is 2. The number of urea groups is 1. The van der Waals surface area contributed by atoms with Gasteiger partial charge in [0, 0.05) is 62.1 Å². The van der Waals surface area contributed by atoms with Gasteiger partial charge < -0.3 is 25.4 Å². The van der Waals surface area contributed by atoms with Crippen LogP contribution in [-0.4, -0.2) is 92.3 Å². The molecule has 3 aromatic rings. The number of carbonyl (C=O) groups is 2. The van der Waals surface area contributed by atoms with Crippen LogP contribution >= 0.6 is 11.3 Å². The van der Waals surface area contributed by atoms with E-state index in [9.17, 15) is 14.7 Å². The second-order valence-corrected chi connectivity index (χ2v) is 12.6. The van der Waals surface area contributed by atoms with E-state index in [1.807, 2.05) is 30.0 Å². The largest absolute Gasteiger partial charge is 0.390 e. The Balaban J connectivity index is 1.00. The van der Waals surface area contributed by atoms with Gasteiger partial charge in [-0.2, -0.15) is 0 Å². The summed E-state index contributed by atoms with van der Waals surface area (Å²) in [7, 11) is 0. The molecule has 3 N–H and O–H groups in total. The number of rotatable bonds is 8. The molecule has 0 bridgehead atoms. The van der Waals surface area contributed by atoms with Crippen molar-refractivity contribution in [1.82, 2.24) is 30.1 Å². The van der Waals surface area contributed by atoms with Gasteiger partial charge >= 0.3 is 6.03 Å². The van der Waals surface area contributed by atoms with Gasteiger partial charge in [-0.25, -0.2) is 19.7 Å². The van der Waals surface area contributed by atoms with Crippen LogP contribution in [0.5, 0.6) is 0 Å². The van der Waals surface area contributed by atoms with Gasteiger partial charge in [-0.1, -0.05) is 17.4 Å². The first-order valence-electron chi connectivity index (χ1n) is 15.0. The van der Waals surface area contributed by atoms with E-state index < -0.39 is 6.10 Å². The molecule has 42 heavy (non-hydrogen) atoms. The van der Waals surface area contributed by atoms with E-state index in [0.717, 1.165) is 60.0 Å². The second-order valence-electron chi connectivity index (χ2n) is 11.6. The molecule has 224 valence electrons. The number of anilines is 1. The zero-order valence-corrected chi connectivity index (χ0v) is 25.0. The molecule has 2 aromatic heterocycles. The zero-order chi connectivity index (χ0) is 29.2. The molecule has 6 rings (SSSR count). The fourth-order valence-electron chi connectivity index (χ4n) is 6.26. The second kappa shape index (κ2) is 12.6. The molecule has 1 saturated heterocycles. The first-order valence-corrected chi connectivity index (χ1v) is 15.8. The maximum Gasteiger partial charge on any atom is 0.317 e. The van der Waals surface area contributed by atoms with Gasteiger partial charge in [0.15, 0.2) is 11.0 Å². The summed E-state index contributed by atoms with van der Waals surface area (Å²) in [6.45, 7) is 7.27. The average molecular weight is 594 g/mol. The predicted molar refractivity (Wildman–Crippen MR) is 161 cm³/mol. The minimum Gasteiger partial charge on any atom is -0.390 e. The summed E-state index contributed by atoms with van der Waals surface area (Å²) in [5, 5.41) is 16.5. The molecule has 3 heterocycles. The summed E-state index contributed by atoms with van der Waals surface area (Å²) >= 11 is 1.47. The van der Waals surface area contributed by atoms with Crippen LogP contribution in [0.3, 0.4) is 0 Å². The third kappa shape index (κ3) is 6.26. The highest BCUT2D eigenvalue weighted by atomic mass is 32.1. The summed E-state index contributed by atoms with van der Waals surface area (Å²) < 4.78 is 6.78. The molecule has 2 aliphatic carbocycles. The number of amides is 3. The zero-order valence-electron chi connectivity index (χ0n) is 24.2. The van der Waals surface area contributed by atoms with Crippen molar-refractivity contribution in [1.29, 1.82) is 0 Å². The van der Waals surface area contributed by atoms with Gasteiger partial charge in [-0.15, -0.1) is 0 Å². The molecule has 0 unspecified atom stereocenters. The van der Waals surface area contributed by atoms with Crippen LogP contribution in [0.25, 0.3) is 21.3 Å². The van der Waals surface area contributed by atoms with E-state index in [2.05, 4.69) is 37.4 Å². The third-order valence-corrected chi connectivity index (χ3v) is 9.68. The molecule has 12 heteroatoms. The number of aliphatic hydroxyl groups excluding tert-OH is 1. The van der Waals surface area contributed by atoms with E-state index in [1.54, 1.807) is 12.4 Å². The van der Waals surface area contributed by atoms with Crippen molar-refractivity contribution in [2.24, 2.45) is 5.92 Å². The van der Waals surface area contributed by atoms with E-state index in [4.69, 9.17) is 4.74 Å². The van der Waals surface area contributed by atoms with Gasteiger partial charge in [0.1, 0.15) is 6.61 Å². The van der Waals surface area contributed by atoms with Crippen LogP contribution < -0.4 is 10.6 Å². The van der Waals surface area contributed by atoms with E-state index >= 15 is 0 Å². The number of hydrogen-bond acceptors (Lipinski definition) is 9. The number of carbonyl (C=O) groups excluding carboxylic acids is 2. The van der Waals surface area contributed by atoms with E-state index in [0.29, 0.717) is 36.6 Å². The Bertz CT molecular complexity index is 1410. The Labute approximate surface area is 249 Å². The normalized spacial score (nSPS) is 26.3. The number of fused-ring (bicyclic) bond motifs is 1. The Hall–Kier alpha value is -3.19. The van der Waals surface area contributed by atoms with Crippen molar-refractivity contribution in [2.45, 2.75) is 76.9 Å². The van der Waals surface area contributed by atoms with Gasteiger partial charge in [-0.3, -0.25) is 9.69 Å². The number of aromatic nitrogens is 3. The highest BCUT2D eigenvalue weighted by Gasteiger charge is 2.41. The minimum atomic E-state index is -0.395. The third-order valence-electron chi connectivity index (χ3n) is 8.75. The van der Waals surface area contributed by atoms with Gasteiger partial charge in [0.2, 0.25) is 5.91 Å². The maximum absolute atomic E-state index is 13.0. The van der Waals surface area contributed by atoms with Crippen LogP contribution in [0, 0.1) is 5.92 Å². The quantitative estimate of drug-likeness (QED) is 0.361. The molecule has 2 saturated carbocycles. The van der Waals surface area contributed by atoms with E-state index in [-0.39, 0.29) is 36.6 Å². The van der Waals surface area contributed by atoms with Crippen LogP contribution in [0.15, 0.2) is 30.6 Å². The summed E-state index contributed by atoms with van der Waals surface area (Å²) in [6.07, 6.45) is 7.35. The molecule has 11 nitrogen and oxygen atoms in total. The number of hydrogen-bond donors (Lipinski definition) is 3. The molecular weight excluding hydrogens is 554 g/mol. The van der Waals surface area contributed by atoms with Crippen molar-refractivity contribution >= 4 is 38.6 Å². The highest BCUT2D eigenvalue weighted by Crippen LogP contribution is 2.36. The Morgan fingerprint density at radius 2 is 1.95 bits per heavy atom. The van der Waals surface area contributed by atoms with Crippen LogP contribution in [-0.2, 0) is 16.1 Å². The first-order chi connectivity index (χ1) is 20.4. The standard InChI is InChI=1S/C30H39N7O4S/c1-3-31-30(40)36-9-10-37(18(2)16-36)22-11-20(12-22)28(39)35-29-34-23-8-7-19(13-26(23)42-29)21-14-32-27(33-15-21)17-41-25-6-4-5-24(25)38/h7-8,13-15,18,20,22,24-25,38H,3-6,9-12,16-17H2,1-2H3,(H,31,40)(H,34,35,39)/t18-,20-,22+,24-,25-/m0/s1. The van der Waals surface area contributed by atoms with E-state index in [1.165, 1.54) is 11.3 Å². The molecule has 3 fully saturated rings. The summed E-state index contributed by atoms with van der Waals surface area (Å²) in [5.74, 6) is 0.592. The summed E-state index contributed by atoms with van der Waals surface area (Å²) in [5.41, 5.74) is 2.71. The minimum absolute atomic E-state index is 0.00569. The van der Waals surface area contributed by atoms with Gasteiger partial charge in [0.05, 0.1) is 22.4 Å². The summed E-state index contributed by atoms with van der Waals surface area (Å²) in [6, 6.07) is 6.64. The molecule has 0 radical (unpaired) electrons. The molecular formula is C30H39N7O4S. The van der Waals surface area contributed by atoms with Crippen LogP contribution in [0.1, 0.15) is 51.8 Å². The molecule has 1 aromatic carbocycles. The Kier molecular flexibility index (Phi) is 8.66. The number of aliphatic hydroxyl groups is 1. The monoisotopic (exact) mass is 593 g/mol. The van der Waals surface area contributed by atoms with Gasteiger partial charge in [0.25, 0.3) is 0 Å². The summed E-state index contributed by atoms with van der Waals surface area (Å²) in [4.78, 5) is 43.1. The van der Waals surface area contributed by atoms with Crippen molar-refractivity contribution < 1.29 is 19.4 Å². The van der Waals surface area contributed by atoms with Crippen molar-refractivity contribution in [3.05, 3.63) is 36.4 Å². The Morgan fingerprint density at radius 3 is 2.67 bits per heavy atom. The van der Waals surface area contributed by atoms with Crippen molar-refractivity contribution in [3.63, 3.8) is 0 Å². The molecule has 3 aliphatic rings. The number of nitrogens with zero attached hydrogens (tertiary/aromatic N) is 5. The van der Waals surface area contributed by atoms with Gasteiger partial charge in [-0.05, 0) is 63.6 Å². The molecule has 3 amide bonds. The fraction of sp³-hybridized carbons (Fsp3) is 0.567. The molecule has 1 aliphatic heterocycles. The average Bonchev–Trinajstić information content (AvgIpc) is 3.56. The Morgan fingerprint density at radius 1 is 1.14 bits per heavy atom. The lowest BCUT2D eigenvalue weighted by molar-refractivity contribution is -0.125. The lowest BCUT2D eigenvalue weighted by Gasteiger charge is -2.49. The highest BCUT2D eigenvalue weighted by molar-refractivity contribution is 7.22. The van der Waals surface area contributed by atoms with Crippen LogP contribution in [0.4, 0.5) is 9.93 Å². The number of ether oxygens (including phenoxy) is 1. The molecule has 3 atom stereocenters. The fourth-order valence-corrected chi connectivity index (χ4v) is 7.17. The van der Waals surface area contributed by atoms with Crippen molar-refractivity contribution in [2.75, 3.05) is 31.5 Å². The smallest absolute Gasteiger partial charge is 0.317 e. The maximum atomic E-state index is 13.0. The molecule has 0 spiro atoms. The SMILES string of the molecule is CCNC(=O)N1CCN([C@H]2C[C@@H](C(=O)Nc3nc4ccc(-c5cnc(CO[C@H]6CCC[C@@H]6O)nc5)cc4s3)C2)[C@@H](C)C1. The number of thiazole rings is 1. The lowest BCUT2D eigenvalue weighted by atomic mass is 9.78. The number of benzene rings is 1. The number of piperazine rings is 1. The lowest BCUT2D eigenvalue weighted by Crippen LogP contribution is -2.61. The predicted octanol–water partition coefficient (Wildman–Crippen LogP) is 3.64. The van der Waals surface area contributed by atoms with Crippen molar-refractivity contribution in [3.8, 4) is 11.1 Å². The first kappa shape index (κ1) is 28.9.